The monoisotopic (exact) mass is 360 g/mol. The van der Waals surface area contributed by atoms with Crippen molar-refractivity contribution in [2.45, 2.75) is 31.7 Å². The van der Waals surface area contributed by atoms with Gasteiger partial charge < -0.3 is 26.0 Å². The lowest BCUT2D eigenvalue weighted by atomic mass is 9.85. The molecule has 0 unspecified atom stereocenters. The summed E-state index contributed by atoms with van der Waals surface area (Å²) in [6.07, 6.45) is -0.216. The van der Waals surface area contributed by atoms with Gasteiger partial charge in [0.15, 0.2) is 6.10 Å². The number of carbonyl (C=O) groups is 1. The van der Waals surface area contributed by atoms with Gasteiger partial charge in [0.1, 0.15) is 12.4 Å². The van der Waals surface area contributed by atoms with E-state index >= 15 is 0 Å². The maximum Gasteiger partial charge on any atom is 0.253 e. The van der Waals surface area contributed by atoms with E-state index in [1.54, 1.807) is 0 Å². The highest BCUT2D eigenvalue weighted by Crippen LogP contribution is 2.36. The summed E-state index contributed by atoms with van der Waals surface area (Å²) in [5.74, 6) is -0.574. The van der Waals surface area contributed by atoms with Crippen molar-refractivity contribution in [3.63, 3.8) is 0 Å². The summed E-state index contributed by atoms with van der Waals surface area (Å²) in [5.41, 5.74) is 6.90. The van der Waals surface area contributed by atoms with Crippen LogP contribution >= 0.6 is 11.6 Å². The van der Waals surface area contributed by atoms with Crippen molar-refractivity contribution in [3.05, 3.63) is 28.3 Å². The van der Waals surface area contributed by atoms with E-state index in [0.29, 0.717) is 31.5 Å². The van der Waals surface area contributed by atoms with E-state index in [1.807, 2.05) is 0 Å². The minimum Gasteiger partial charge on any atom is -0.508 e. The van der Waals surface area contributed by atoms with Crippen LogP contribution in [0.1, 0.15) is 30.0 Å². The summed E-state index contributed by atoms with van der Waals surface area (Å²) in [5, 5.41) is 28.5. The van der Waals surface area contributed by atoms with Crippen LogP contribution in [0.15, 0.2) is 12.1 Å². The Kier molecular flexibility index (Phi) is 6.40. The van der Waals surface area contributed by atoms with Crippen molar-refractivity contribution in [1.29, 1.82) is 0 Å². The number of phenols is 1. The number of aliphatic hydroxyl groups is 2. The number of rotatable bonds is 5. The number of alkyl halides is 1. The number of amides is 1. The average Bonchev–Trinajstić information content (AvgIpc) is 2.61. The summed E-state index contributed by atoms with van der Waals surface area (Å²) in [6, 6.07) is 2.29. The SMILES string of the molecule is N[C@@H](c1cc(Cl)c(CF)cc1O)C1CCN(C(=O)[C@H](O)CO)CC1. The first-order valence-corrected chi connectivity index (χ1v) is 8.17. The summed E-state index contributed by atoms with van der Waals surface area (Å²) in [4.78, 5) is 13.3. The summed E-state index contributed by atoms with van der Waals surface area (Å²) in [7, 11) is 0. The number of benzene rings is 1. The van der Waals surface area contributed by atoms with Crippen molar-refractivity contribution < 1.29 is 24.5 Å². The fourth-order valence-corrected chi connectivity index (χ4v) is 3.23. The van der Waals surface area contributed by atoms with Gasteiger partial charge in [-0.05, 0) is 30.9 Å². The third-order valence-corrected chi connectivity index (χ3v) is 4.87. The number of likely N-dealkylation sites (tertiary alicyclic amines) is 1. The Morgan fingerprint density at radius 1 is 1.42 bits per heavy atom. The van der Waals surface area contributed by atoms with Crippen LogP contribution in [0.25, 0.3) is 0 Å². The molecular weight excluding hydrogens is 339 g/mol. The molecule has 0 bridgehead atoms. The van der Waals surface area contributed by atoms with Gasteiger partial charge in [-0.25, -0.2) is 4.39 Å². The van der Waals surface area contributed by atoms with Crippen LogP contribution in [0.5, 0.6) is 5.75 Å². The lowest BCUT2D eigenvalue weighted by molar-refractivity contribution is -0.143. The normalized spacial score (nSPS) is 18.5. The quantitative estimate of drug-likeness (QED) is 0.629. The van der Waals surface area contributed by atoms with Crippen molar-refractivity contribution >= 4 is 17.5 Å². The minimum atomic E-state index is -1.40. The zero-order valence-corrected chi connectivity index (χ0v) is 13.9. The van der Waals surface area contributed by atoms with Crippen LogP contribution in [-0.2, 0) is 11.5 Å². The Hall–Kier alpha value is -1.41. The third-order valence-electron chi connectivity index (χ3n) is 4.52. The van der Waals surface area contributed by atoms with Gasteiger partial charge in [0.2, 0.25) is 0 Å². The van der Waals surface area contributed by atoms with E-state index in [1.165, 1.54) is 17.0 Å². The average molecular weight is 361 g/mol. The molecule has 6 nitrogen and oxygen atoms in total. The molecule has 1 fully saturated rings. The fourth-order valence-electron chi connectivity index (χ4n) is 3.01. The first-order valence-electron chi connectivity index (χ1n) is 7.79. The molecular formula is C16H22ClFN2O4. The predicted molar refractivity (Wildman–Crippen MR) is 87.3 cm³/mol. The Bertz CT molecular complexity index is 594. The molecule has 24 heavy (non-hydrogen) atoms. The number of carbonyl (C=O) groups excluding carboxylic acids is 1. The zero-order valence-electron chi connectivity index (χ0n) is 13.2. The number of nitrogens with zero attached hydrogens (tertiary/aromatic N) is 1. The maximum atomic E-state index is 12.8. The van der Waals surface area contributed by atoms with Gasteiger partial charge in [0.25, 0.3) is 5.91 Å². The molecule has 0 aromatic heterocycles. The van der Waals surface area contributed by atoms with Gasteiger partial charge in [0.05, 0.1) is 6.61 Å². The summed E-state index contributed by atoms with van der Waals surface area (Å²) in [6.45, 7) is -0.558. The Labute approximate surface area is 144 Å². The van der Waals surface area contributed by atoms with E-state index < -0.39 is 31.3 Å². The molecule has 1 aromatic rings. The van der Waals surface area contributed by atoms with Crippen LogP contribution in [0.4, 0.5) is 4.39 Å². The number of piperidine rings is 1. The number of nitrogens with two attached hydrogens (primary N) is 1. The Morgan fingerprint density at radius 3 is 2.58 bits per heavy atom. The highest BCUT2D eigenvalue weighted by atomic mass is 35.5. The molecule has 134 valence electrons. The number of aromatic hydroxyl groups is 1. The molecule has 1 saturated heterocycles. The Balaban J connectivity index is 2.04. The fraction of sp³-hybridized carbons (Fsp3) is 0.562. The maximum absolute atomic E-state index is 12.8. The van der Waals surface area contributed by atoms with Gasteiger partial charge in [0, 0.05) is 35.3 Å². The topological polar surface area (TPSA) is 107 Å². The summed E-state index contributed by atoms with van der Waals surface area (Å²) < 4.78 is 12.8. The molecule has 0 radical (unpaired) electrons. The lowest BCUT2D eigenvalue weighted by Crippen LogP contribution is -2.46. The van der Waals surface area contributed by atoms with Gasteiger partial charge in [-0.2, -0.15) is 0 Å². The minimum absolute atomic E-state index is 0.0125. The van der Waals surface area contributed by atoms with Crippen molar-refractivity contribution in [2.75, 3.05) is 19.7 Å². The third kappa shape index (κ3) is 3.97. The van der Waals surface area contributed by atoms with Gasteiger partial charge in [-0.3, -0.25) is 4.79 Å². The van der Waals surface area contributed by atoms with Crippen LogP contribution in [0.2, 0.25) is 5.02 Å². The summed E-state index contributed by atoms with van der Waals surface area (Å²) >= 11 is 5.99. The number of hydrogen-bond donors (Lipinski definition) is 4. The molecule has 1 aliphatic heterocycles. The number of hydrogen-bond acceptors (Lipinski definition) is 5. The molecule has 0 spiro atoms. The molecule has 0 aliphatic carbocycles. The molecule has 1 amide bonds. The second-order valence-corrected chi connectivity index (χ2v) is 6.43. The number of halogens is 2. The molecule has 1 aromatic carbocycles. The van der Waals surface area contributed by atoms with Gasteiger partial charge in [-0.15, -0.1) is 0 Å². The second-order valence-electron chi connectivity index (χ2n) is 6.02. The van der Waals surface area contributed by atoms with Crippen molar-refractivity contribution in [2.24, 2.45) is 11.7 Å². The highest BCUT2D eigenvalue weighted by molar-refractivity contribution is 6.31. The predicted octanol–water partition coefficient (Wildman–Crippen LogP) is 1.11. The molecule has 1 heterocycles. The van der Waals surface area contributed by atoms with Crippen LogP contribution < -0.4 is 5.73 Å². The molecule has 8 heteroatoms. The Morgan fingerprint density at radius 2 is 2.04 bits per heavy atom. The molecule has 2 atom stereocenters. The highest BCUT2D eigenvalue weighted by Gasteiger charge is 2.31. The number of aliphatic hydroxyl groups excluding tert-OH is 2. The van der Waals surface area contributed by atoms with E-state index in [9.17, 15) is 19.4 Å². The van der Waals surface area contributed by atoms with Crippen molar-refractivity contribution in [3.8, 4) is 5.75 Å². The second kappa shape index (κ2) is 8.11. The van der Waals surface area contributed by atoms with Crippen molar-refractivity contribution in [1.82, 2.24) is 4.90 Å². The number of phenolic OH excluding ortho intramolecular Hbond substituents is 1. The first-order chi connectivity index (χ1) is 11.4. The van der Waals surface area contributed by atoms with Crippen LogP contribution in [0, 0.1) is 5.92 Å². The van der Waals surface area contributed by atoms with E-state index in [2.05, 4.69) is 0 Å². The van der Waals surface area contributed by atoms with Crippen LogP contribution in [-0.4, -0.2) is 51.9 Å². The molecule has 1 aliphatic rings. The van der Waals surface area contributed by atoms with Gasteiger partial charge in [-0.1, -0.05) is 11.6 Å². The van der Waals surface area contributed by atoms with Gasteiger partial charge >= 0.3 is 0 Å². The van der Waals surface area contributed by atoms with E-state index in [0.717, 1.165) is 0 Å². The lowest BCUT2D eigenvalue weighted by Gasteiger charge is -2.35. The first kappa shape index (κ1) is 18.9. The molecule has 2 rings (SSSR count). The zero-order chi connectivity index (χ0) is 17.9. The largest absolute Gasteiger partial charge is 0.508 e. The smallest absolute Gasteiger partial charge is 0.253 e. The van der Waals surface area contributed by atoms with E-state index in [-0.39, 0.29) is 22.3 Å². The standard InChI is InChI=1S/C16H22ClFN2O4/c17-12-6-11(13(22)5-10(12)7-18)15(19)9-1-3-20(4-2-9)16(24)14(23)8-21/h5-6,9,14-15,21-23H,1-4,7-8,19H2/t14-,15-/m1/s1. The molecule has 0 saturated carbocycles. The molecule has 5 N–H and O–H groups in total. The van der Waals surface area contributed by atoms with Crippen LogP contribution in [0.3, 0.4) is 0 Å². The van der Waals surface area contributed by atoms with E-state index in [4.69, 9.17) is 22.4 Å².